The van der Waals surface area contributed by atoms with E-state index in [9.17, 15) is 0 Å². The smallest absolute Gasteiger partial charge is 0.0184 e. The van der Waals surface area contributed by atoms with Gasteiger partial charge >= 0.3 is 0 Å². The summed E-state index contributed by atoms with van der Waals surface area (Å²) in [6.07, 6.45) is 0. The highest BCUT2D eigenvalue weighted by molar-refractivity contribution is 8.00. The molecule has 0 fully saturated rings. The van der Waals surface area contributed by atoms with Gasteiger partial charge in [-0.1, -0.05) is 20.8 Å². The molecule has 0 spiro atoms. The molecule has 10 heavy (non-hydrogen) atoms. The van der Waals surface area contributed by atoms with Gasteiger partial charge in [0.15, 0.2) is 0 Å². The lowest BCUT2D eigenvalue weighted by Gasteiger charge is -2.15. The monoisotopic (exact) mass is 172 g/mol. The molecule has 0 aromatic carbocycles. The minimum atomic E-state index is 0.348. The summed E-state index contributed by atoms with van der Waals surface area (Å²) in [7, 11) is 0. The first-order chi connectivity index (χ1) is 4.58. The first kappa shape index (κ1) is 8.15. The molecule has 56 valence electrons. The van der Waals surface area contributed by atoms with E-state index in [0.29, 0.717) is 4.75 Å². The lowest BCUT2D eigenvalue weighted by atomic mass is 10.3. The minimum Gasteiger partial charge on any atom is -0.151 e. The Kier molecular flexibility index (Phi) is 2.42. The quantitative estimate of drug-likeness (QED) is 0.583. The van der Waals surface area contributed by atoms with Crippen LogP contribution in [0.25, 0.3) is 0 Å². The van der Waals surface area contributed by atoms with Gasteiger partial charge in [0.25, 0.3) is 0 Å². The van der Waals surface area contributed by atoms with Gasteiger partial charge in [0.2, 0.25) is 0 Å². The van der Waals surface area contributed by atoms with Crippen LogP contribution in [0.4, 0.5) is 0 Å². The second kappa shape index (κ2) is 2.97. The fourth-order valence-corrected chi connectivity index (χ4v) is 2.47. The lowest BCUT2D eigenvalue weighted by Crippen LogP contribution is -2.05. The van der Waals surface area contributed by atoms with Crippen LogP contribution in [0.1, 0.15) is 20.8 Å². The molecule has 1 aromatic heterocycles. The van der Waals surface area contributed by atoms with Crippen molar-refractivity contribution >= 4 is 23.1 Å². The predicted octanol–water partition coefficient (Wildman–Crippen LogP) is 3.64. The van der Waals surface area contributed by atoms with Crippen molar-refractivity contribution in [3.8, 4) is 0 Å². The van der Waals surface area contributed by atoms with Crippen LogP contribution < -0.4 is 0 Å². The Morgan fingerprint density at radius 3 is 2.50 bits per heavy atom. The third-order valence-corrected chi connectivity index (χ3v) is 2.85. The van der Waals surface area contributed by atoms with Crippen molar-refractivity contribution in [3.63, 3.8) is 0 Å². The normalized spacial score (nSPS) is 11.9. The van der Waals surface area contributed by atoms with Gasteiger partial charge in [0.05, 0.1) is 0 Å². The highest BCUT2D eigenvalue weighted by Gasteiger charge is 2.11. The molecule has 0 saturated heterocycles. The maximum Gasteiger partial charge on any atom is 0.0184 e. The van der Waals surface area contributed by atoms with E-state index in [1.165, 1.54) is 4.90 Å². The van der Waals surface area contributed by atoms with E-state index in [1.807, 2.05) is 11.8 Å². The number of rotatable bonds is 1. The highest BCUT2D eigenvalue weighted by atomic mass is 32.2. The zero-order valence-electron chi connectivity index (χ0n) is 6.55. The summed E-state index contributed by atoms with van der Waals surface area (Å²) >= 11 is 3.68. The van der Waals surface area contributed by atoms with Crippen molar-refractivity contribution in [1.82, 2.24) is 0 Å². The standard InChI is InChI=1S/C8H12S2/c1-8(2,3)10-7-4-5-9-6-7/h4-6H,1-3H3. The third kappa shape index (κ3) is 2.76. The Morgan fingerprint density at radius 1 is 1.40 bits per heavy atom. The molecule has 1 rings (SSSR count). The summed E-state index contributed by atoms with van der Waals surface area (Å²) in [5.74, 6) is 0. The number of thiophene rings is 1. The number of hydrogen-bond donors (Lipinski definition) is 0. The zero-order chi connectivity index (χ0) is 7.61. The Labute approximate surface area is 70.7 Å². The number of hydrogen-bond acceptors (Lipinski definition) is 2. The van der Waals surface area contributed by atoms with E-state index in [-0.39, 0.29) is 0 Å². The maximum atomic E-state index is 2.23. The van der Waals surface area contributed by atoms with Crippen molar-refractivity contribution in [2.75, 3.05) is 0 Å². The minimum absolute atomic E-state index is 0.348. The summed E-state index contributed by atoms with van der Waals surface area (Å²) in [6.45, 7) is 6.69. The Hall–Kier alpha value is 0.0500. The second-order valence-corrected chi connectivity index (χ2v) is 5.85. The molecule has 0 unspecified atom stereocenters. The van der Waals surface area contributed by atoms with Crippen LogP contribution in [-0.2, 0) is 0 Å². The molecule has 0 radical (unpaired) electrons. The average molecular weight is 172 g/mol. The Morgan fingerprint density at radius 2 is 2.10 bits per heavy atom. The molecule has 0 saturated carbocycles. The fourth-order valence-electron chi connectivity index (χ4n) is 0.664. The molecular weight excluding hydrogens is 160 g/mol. The van der Waals surface area contributed by atoms with E-state index in [1.54, 1.807) is 11.3 Å². The highest BCUT2D eigenvalue weighted by Crippen LogP contribution is 2.32. The van der Waals surface area contributed by atoms with Crippen molar-refractivity contribution in [2.24, 2.45) is 0 Å². The second-order valence-electron chi connectivity index (χ2n) is 3.17. The first-order valence-corrected chi connectivity index (χ1v) is 5.05. The van der Waals surface area contributed by atoms with Gasteiger partial charge in [0.1, 0.15) is 0 Å². The van der Waals surface area contributed by atoms with Crippen molar-refractivity contribution in [1.29, 1.82) is 0 Å². The topological polar surface area (TPSA) is 0 Å². The van der Waals surface area contributed by atoms with Crippen molar-refractivity contribution in [2.45, 2.75) is 30.4 Å². The van der Waals surface area contributed by atoms with Gasteiger partial charge in [-0.2, -0.15) is 11.3 Å². The summed E-state index contributed by atoms with van der Waals surface area (Å²) in [6, 6.07) is 2.17. The van der Waals surface area contributed by atoms with Crippen LogP contribution in [0.3, 0.4) is 0 Å². The van der Waals surface area contributed by atoms with Crippen LogP contribution in [0.5, 0.6) is 0 Å². The van der Waals surface area contributed by atoms with E-state index in [2.05, 4.69) is 37.6 Å². The molecule has 0 aliphatic heterocycles. The van der Waals surface area contributed by atoms with Gasteiger partial charge in [-0.05, 0) is 11.4 Å². The van der Waals surface area contributed by atoms with Gasteiger partial charge in [-0.25, -0.2) is 0 Å². The molecule has 1 heterocycles. The predicted molar refractivity (Wildman–Crippen MR) is 49.9 cm³/mol. The van der Waals surface area contributed by atoms with Gasteiger partial charge in [0, 0.05) is 15.0 Å². The number of thioether (sulfide) groups is 1. The van der Waals surface area contributed by atoms with Crippen LogP contribution in [-0.4, -0.2) is 4.75 Å². The summed E-state index contributed by atoms with van der Waals surface area (Å²) in [5.41, 5.74) is 0. The first-order valence-electron chi connectivity index (χ1n) is 3.29. The fraction of sp³-hybridized carbons (Fsp3) is 0.500. The summed E-state index contributed by atoms with van der Waals surface area (Å²) in [4.78, 5) is 1.39. The average Bonchev–Trinajstić information content (AvgIpc) is 2.12. The molecular formula is C8H12S2. The van der Waals surface area contributed by atoms with E-state index in [4.69, 9.17) is 0 Å². The Bertz CT molecular complexity index is 182. The van der Waals surface area contributed by atoms with Crippen molar-refractivity contribution in [3.05, 3.63) is 16.8 Å². The van der Waals surface area contributed by atoms with E-state index in [0.717, 1.165) is 0 Å². The molecule has 0 atom stereocenters. The largest absolute Gasteiger partial charge is 0.151 e. The molecule has 0 amide bonds. The van der Waals surface area contributed by atoms with Crippen molar-refractivity contribution < 1.29 is 0 Å². The lowest BCUT2D eigenvalue weighted by molar-refractivity contribution is 0.803. The van der Waals surface area contributed by atoms with E-state index >= 15 is 0 Å². The summed E-state index contributed by atoms with van der Waals surface area (Å²) in [5, 5.41) is 4.31. The van der Waals surface area contributed by atoms with Crippen LogP contribution in [0, 0.1) is 0 Å². The molecule has 2 heteroatoms. The van der Waals surface area contributed by atoms with Crippen LogP contribution in [0.15, 0.2) is 21.7 Å². The molecule has 0 bridgehead atoms. The van der Waals surface area contributed by atoms with E-state index < -0.39 is 0 Å². The maximum absolute atomic E-state index is 2.23. The molecule has 0 N–H and O–H groups in total. The zero-order valence-corrected chi connectivity index (χ0v) is 8.18. The molecule has 0 aliphatic carbocycles. The SMILES string of the molecule is CC(C)(C)Sc1ccsc1. The van der Waals surface area contributed by atoms with Gasteiger partial charge in [-0.3, -0.25) is 0 Å². The van der Waals surface area contributed by atoms with Crippen LogP contribution in [0.2, 0.25) is 0 Å². The summed E-state index contributed by atoms with van der Waals surface area (Å²) < 4.78 is 0.348. The van der Waals surface area contributed by atoms with Gasteiger partial charge < -0.3 is 0 Å². The van der Waals surface area contributed by atoms with Gasteiger partial charge in [-0.15, -0.1) is 11.8 Å². The van der Waals surface area contributed by atoms with Crippen LogP contribution >= 0.6 is 23.1 Å². The third-order valence-electron chi connectivity index (χ3n) is 0.919. The molecule has 0 nitrogen and oxygen atoms in total. The Balaban J connectivity index is 2.57. The molecule has 0 aliphatic rings. The molecule has 1 aromatic rings.